The van der Waals surface area contributed by atoms with Crippen LogP contribution in [0.2, 0.25) is 0 Å². The summed E-state index contributed by atoms with van der Waals surface area (Å²) >= 11 is 0. The van der Waals surface area contributed by atoms with Gasteiger partial charge in [-0.05, 0) is 19.1 Å². The van der Waals surface area contributed by atoms with Crippen LogP contribution in [0, 0.1) is 0 Å². The Hall–Kier alpha value is -2.13. The van der Waals surface area contributed by atoms with Crippen LogP contribution in [0.25, 0.3) is 0 Å². The molecule has 1 saturated heterocycles. The molecule has 2 unspecified atom stereocenters. The number of hydrogen-bond acceptors (Lipinski definition) is 2. The highest BCUT2D eigenvalue weighted by molar-refractivity contribution is 5.94. The maximum atomic E-state index is 12.7. The Morgan fingerprint density at radius 2 is 1.65 bits per heavy atom. The van der Waals surface area contributed by atoms with Crippen LogP contribution in [-0.4, -0.2) is 23.5 Å². The normalized spacial score (nSPS) is 21.9. The number of carbonyl (C=O) groups excluding carboxylic acids is 1. The Morgan fingerprint density at radius 1 is 1.05 bits per heavy atom. The zero-order valence-electron chi connectivity index (χ0n) is 11.4. The predicted molar refractivity (Wildman–Crippen MR) is 77.2 cm³/mol. The molecule has 102 valence electrons. The van der Waals surface area contributed by atoms with Crippen LogP contribution in [0.5, 0.6) is 0 Å². The summed E-state index contributed by atoms with van der Waals surface area (Å²) in [6.45, 7) is 2.59. The van der Waals surface area contributed by atoms with E-state index in [-0.39, 0.29) is 18.2 Å². The van der Waals surface area contributed by atoms with Crippen LogP contribution in [0.4, 0.5) is 0 Å². The molecule has 1 heterocycles. The van der Waals surface area contributed by atoms with E-state index in [0.717, 1.165) is 5.56 Å². The maximum absolute atomic E-state index is 12.7. The monoisotopic (exact) mass is 267 g/mol. The molecule has 20 heavy (non-hydrogen) atoms. The predicted octanol–water partition coefficient (Wildman–Crippen LogP) is 3.25. The third kappa shape index (κ3) is 2.32. The fraction of sp³-hybridized carbons (Fsp3) is 0.235. The van der Waals surface area contributed by atoms with Crippen LogP contribution in [0.15, 0.2) is 60.7 Å². The van der Waals surface area contributed by atoms with Gasteiger partial charge >= 0.3 is 0 Å². The van der Waals surface area contributed by atoms with E-state index < -0.39 is 0 Å². The first-order valence-electron chi connectivity index (χ1n) is 6.81. The molecule has 2 atom stereocenters. The first kappa shape index (κ1) is 12.9. The van der Waals surface area contributed by atoms with Crippen molar-refractivity contribution in [3.05, 3.63) is 71.8 Å². The summed E-state index contributed by atoms with van der Waals surface area (Å²) < 4.78 is 5.81. The van der Waals surface area contributed by atoms with Gasteiger partial charge in [-0.2, -0.15) is 0 Å². The minimum Gasteiger partial charge on any atom is -0.352 e. The molecule has 1 amide bonds. The lowest BCUT2D eigenvalue weighted by Gasteiger charge is -2.26. The molecule has 0 spiro atoms. The molecule has 3 heteroatoms. The van der Waals surface area contributed by atoms with Crippen molar-refractivity contribution >= 4 is 5.91 Å². The number of ether oxygens (including phenoxy) is 1. The minimum absolute atomic E-state index is 0.0180. The van der Waals surface area contributed by atoms with Crippen molar-refractivity contribution < 1.29 is 9.53 Å². The molecule has 0 radical (unpaired) electrons. The second-order valence-electron chi connectivity index (χ2n) is 5.02. The largest absolute Gasteiger partial charge is 0.352 e. The maximum Gasteiger partial charge on any atom is 0.256 e. The summed E-state index contributed by atoms with van der Waals surface area (Å²) in [6.07, 6.45) is -0.293. The van der Waals surface area contributed by atoms with Gasteiger partial charge in [0.15, 0.2) is 6.23 Å². The van der Waals surface area contributed by atoms with E-state index in [1.165, 1.54) is 0 Å². The van der Waals surface area contributed by atoms with Crippen molar-refractivity contribution in [1.82, 2.24) is 4.90 Å². The molecule has 0 saturated carbocycles. The summed E-state index contributed by atoms with van der Waals surface area (Å²) in [5.41, 5.74) is 1.71. The van der Waals surface area contributed by atoms with Gasteiger partial charge in [0.1, 0.15) is 0 Å². The van der Waals surface area contributed by atoms with Gasteiger partial charge in [-0.15, -0.1) is 0 Å². The SMILES string of the molecule is CC1COC(c2ccccc2)N1C(=O)c1ccccc1. The molecule has 0 N–H and O–H groups in total. The number of amides is 1. The molecular formula is C17H17NO2. The zero-order chi connectivity index (χ0) is 13.9. The number of hydrogen-bond donors (Lipinski definition) is 0. The summed E-state index contributed by atoms with van der Waals surface area (Å²) in [6, 6.07) is 19.3. The summed E-state index contributed by atoms with van der Waals surface area (Å²) in [5.74, 6) is 0.0180. The third-order valence-corrected chi connectivity index (χ3v) is 3.56. The van der Waals surface area contributed by atoms with Crippen molar-refractivity contribution in [2.24, 2.45) is 0 Å². The van der Waals surface area contributed by atoms with Gasteiger partial charge < -0.3 is 9.64 Å². The van der Waals surface area contributed by atoms with E-state index in [9.17, 15) is 4.79 Å². The number of carbonyl (C=O) groups is 1. The van der Waals surface area contributed by atoms with Crippen molar-refractivity contribution in [3.8, 4) is 0 Å². The van der Waals surface area contributed by atoms with E-state index in [2.05, 4.69) is 0 Å². The van der Waals surface area contributed by atoms with Gasteiger partial charge in [-0.3, -0.25) is 4.79 Å². The first-order valence-corrected chi connectivity index (χ1v) is 6.81. The van der Waals surface area contributed by atoms with Crippen molar-refractivity contribution in [2.45, 2.75) is 19.2 Å². The van der Waals surface area contributed by atoms with Crippen LogP contribution < -0.4 is 0 Å². The topological polar surface area (TPSA) is 29.5 Å². The second kappa shape index (κ2) is 5.47. The Balaban J connectivity index is 1.92. The Kier molecular flexibility index (Phi) is 3.52. The molecule has 3 rings (SSSR count). The van der Waals surface area contributed by atoms with Gasteiger partial charge in [-0.1, -0.05) is 48.5 Å². The molecule has 2 aromatic carbocycles. The lowest BCUT2D eigenvalue weighted by molar-refractivity contribution is 0.0250. The van der Waals surface area contributed by atoms with Crippen molar-refractivity contribution in [1.29, 1.82) is 0 Å². The Morgan fingerprint density at radius 3 is 2.30 bits per heavy atom. The molecular weight excluding hydrogens is 250 g/mol. The molecule has 1 aliphatic rings. The van der Waals surface area contributed by atoms with Crippen molar-refractivity contribution in [3.63, 3.8) is 0 Å². The van der Waals surface area contributed by atoms with E-state index in [1.54, 1.807) is 0 Å². The van der Waals surface area contributed by atoms with E-state index in [0.29, 0.717) is 12.2 Å². The van der Waals surface area contributed by atoms with Crippen LogP contribution in [-0.2, 0) is 4.74 Å². The van der Waals surface area contributed by atoms with E-state index >= 15 is 0 Å². The summed E-state index contributed by atoms with van der Waals surface area (Å²) in [4.78, 5) is 14.5. The minimum atomic E-state index is -0.293. The highest BCUT2D eigenvalue weighted by Gasteiger charge is 2.36. The second-order valence-corrected chi connectivity index (χ2v) is 5.02. The molecule has 3 nitrogen and oxygen atoms in total. The van der Waals surface area contributed by atoms with Crippen molar-refractivity contribution in [2.75, 3.05) is 6.61 Å². The molecule has 0 aromatic heterocycles. The molecule has 0 bridgehead atoms. The smallest absolute Gasteiger partial charge is 0.256 e. The highest BCUT2D eigenvalue weighted by atomic mass is 16.5. The Labute approximate surface area is 118 Å². The molecule has 1 aliphatic heterocycles. The van der Waals surface area contributed by atoms with E-state index in [1.807, 2.05) is 72.5 Å². The van der Waals surface area contributed by atoms with Gasteiger partial charge in [0.2, 0.25) is 0 Å². The van der Waals surface area contributed by atoms with Gasteiger partial charge in [0.05, 0.1) is 12.6 Å². The highest BCUT2D eigenvalue weighted by Crippen LogP contribution is 2.31. The first-order chi connectivity index (χ1) is 9.77. The quantitative estimate of drug-likeness (QED) is 0.836. The molecule has 2 aromatic rings. The third-order valence-electron chi connectivity index (χ3n) is 3.56. The van der Waals surface area contributed by atoms with Gasteiger partial charge in [-0.25, -0.2) is 0 Å². The summed E-state index contributed by atoms with van der Waals surface area (Å²) in [7, 11) is 0. The van der Waals surface area contributed by atoms with Crippen LogP contribution >= 0.6 is 0 Å². The average molecular weight is 267 g/mol. The Bertz CT molecular complexity index is 582. The molecule has 1 fully saturated rings. The molecule has 0 aliphatic carbocycles. The van der Waals surface area contributed by atoms with Gasteiger partial charge in [0.25, 0.3) is 5.91 Å². The van der Waals surface area contributed by atoms with E-state index in [4.69, 9.17) is 4.74 Å². The fourth-order valence-electron chi connectivity index (χ4n) is 2.53. The number of benzene rings is 2. The lowest BCUT2D eigenvalue weighted by Crippen LogP contribution is -2.36. The lowest BCUT2D eigenvalue weighted by atomic mass is 10.1. The summed E-state index contributed by atoms with van der Waals surface area (Å²) in [5, 5.41) is 0. The van der Waals surface area contributed by atoms with Crippen LogP contribution in [0.3, 0.4) is 0 Å². The standard InChI is InChI=1S/C17H17NO2/c1-13-12-20-17(15-10-6-3-7-11-15)18(13)16(19)14-8-4-2-5-9-14/h2-11,13,17H,12H2,1H3. The zero-order valence-corrected chi connectivity index (χ0v) is 11.4. The van der Waals surface area contributed by atoms with Crippen LogP contribution in [0.1, 0.15) is 29.1 Å². The fourth-order valence-corrected chi connectivity index (χ4v) is 2.53. The average Bonchev–Trinajstić information content (AvgIpc) is 2.90. The number of nitrogens with zero attached hydrogens (tertiary/aromatic N) is 1. The number of rotatable bonds is 2. The van der Waals surface area contributed by atoms with Gasteiger partial charge in [0, 0.05) is 11.1 Å².